The van der Waals surface area contributed by atoms with Crippen molar-refractivity contribution in [2.75, 3.05) is 5.32 Å². The lowest BCUT2D eigenvalue weighted by Gasteiger charge is -2.26. The fraction of sp³-hybridized carbons (Fsp3) is 0.167. The average Bonchev–Trinajstić information content (AvgIpc) is 3.42. The third-order valence-electron chi connectivity index (χ3n) is 8.97. The van der Waals surface area contributed by atoms with E-state index in [4.69, 9.17) is 5.73 Å². The summed E-state index contributed by atoms with van der Waals surface area (Å²) in [6.45, 7) is 4.63. The number of benzene rings is 5. The van der Waals surface area contributed by atoms with Gasteiger partial charge in [-0.15, -0.1) is 0 Å². The van der Waals surface area contributed by atoms with Gasteiger partial charge in [-0.2, -0.15) is 0 Å². The van der Waals surface area contributed by atoms with E-state index in [-0.39, 0.29) is 11.6 Å². The zero-order valence-corrected chi connectivity index (χ0v) is 22.7. The molecule has 1 aromatic heterocycles. The fourth-order valence-corrected chi connectivity index (χ4v) is 6.54. The zero-order valence-electron chi connectivity index (χ0n) is 22.7. The van der Waals surface area contributed by atoms with Gasteiger partial charge in [0.05, 0.1) is 0 Å². The minimum atomic E-state index is -0.294. The molecule has 2 atom stereocenters. The maximum atomic E-state index is 6.71. The van der Waals surface area contributed by atoms with Crippen molar-refractivity contribution in [2.24, 2.45) is 12.8 Å². The molecule has 6 aromatic rings. The molecule has 5 aromatic carbocycles. The molecule has 1 heterocycles. The predicted molar refractivity (Wildman–Crippen MR) is 165 cm³/mol. The summed E-state index contributed by atoms with van der Waals surface area (Å²) in [6.07, 6.45) is 0.757. The van der Waals surface area contributed by atoms with Crippen LogP contribution in [0.5, 0.6) is 0 Å². The van der Waals surface area contributed by atoms with Crippen molar-refractivity contribution in [3.8, 4) is 22.3 Å². The summed E-state index contributed by atoms with van der Waals surface area (Å²) >= 11 is 0. The van der Waals surface area contributed by atoms with Crippen molar-refractivity contribution in [3.05, 3.63) is 126 Å². The summed E-state index contributed by atoms with van der Waals surface area (Å²) in [7, 11) is 2.14. The second kappa shape index (κ2) is 8.86. The van der Waals surface area contributed by atoms with Gasteiger partial charge in [0.15, 0.2) is 0 Å². The summed E-state index contributed by atoms with van der Waals surface area (Å²) in [5.41, 5.74) is 19.2. The number of nitrogens with zero attached hydrogens (tertiary/aromatic N) is 1. The third kappa shape index (κ3) is 3.61. The first-order valence-corrected chi connectivity index (χ1v) is 13.8. The van der Waals surface area contributed by atoms with E-state index in [1.807, 2.05) is 0 Å². The van der Waals surface area contributed by atoms with Gasteiger partial charge in [-0.3, -0.25) is 0 Å². The third-order valence-corrected chi connectivity index (χ3v) is 8.97. The van der Waals surface area contributed by atoms with Crippen LogP contribution in [-0.4, -0.2) is 4.57 Å². The Morgan fingerprint density at radius 3 is 2.23 bits per heavy atom. The Kier molecular flexibility index (Phi) is 5.40. The topological polar surface area (TPSA) is 43.0 Å². The molecule has 3 N–H and O–H groups in total. The Morgan fingerprint density at radius 1 is 0.718 bits per heavy atom. The Labute approximate surface area is 229 Å². The molecule has 3 nitrogen and oxygen atoms in total. The number of hydrogen-bond donors (Lipinski definition) is 2. The zero-order chi connectivity index (χ0) is 26.7. The monoisotopic (exact) mass is 507 g/mol. The van der Waals surface area contributed by atoms with Crippen LogP contribution >= 0.6 is 0 Å². The molecule has 0 saturated carbocycles. The van der Waals surface area contributed by atoms with Crippen molar-refractivity contribution in [2.45, 2.75) is 31.8 Å². The van der Waals surface area contributed by atoms with Gasteiger partial charge in [0.25, 0.3) is 0 Å². The van der Waals surface area contributed by atoms with E-state index in [1.54, 1.807) is 0 Å². The highest BCUT2D eigenvalue weighted by molar-refractivity contribution is 6.09. The number of hydrogen-bond acceptors (Lipinski definition) is 2. The molecule has 0 fully saturated rings. The second-order valence-corrected chi connectivity index (χ2v) is 11.0. The van der Waals surface area contributed by atoms with Gasteiger partial charge in [-0.25, -0.2) is 0 Å². The Morgan fingerprint density at radius 2 is 1.41 bits per heavy atom. The van der Waals surface area contributed by atoms with Gasteiger partial charge >= 0.3 is 0 Å². The first kappa shape index (κ1) is 23.8. The van der Waals surface area contributed by atoms with E-state index < -0.39 is 0 Å². The Balaban J connectivity index is 1.15. The molecular weight excluding hydrogens is 474 g/mol. The van der Waals surface area contributed by atoms with Crippen molar-refractivity contribution >= 4 is 27.5 Å². The molecule has 192 valence electrons. The van der Waals surface area contributed by atoms with Crippen LogP contribution in [0.3, 0.4) is 0 Å². The summed E-state index contributed by atoms with van der Waals surface area (Å²) in [4.78, 5) is 0. The van der Waals surface area contributed by atoms with Crippen LogP contribution in [0, 0.1) is 0 Å². The number of nitrogens with one attached hydrogen (secondary N) is 1. The molecule has 1 aliphatic carbocycles. The minimum Gasteiger partial charge on any atom is -0.366 e. The van der Waals surface area contributed by atoms with Crippen LogP contribution in [0.1, 0.15) is 43.1 Å². The SMILES string of the molecule is CCC1(C)c2ccccc2-c2ccc([C@H](N)Nc3ccc(-c4ccc5c(c4)c4ccccc4n5C)cc3)cc21. The predicted octanol–water partition coefficient (Wildman–Crippen LogP) is 8.76. The lowest BCUT2D eigenvalue weighted by molar-refractivity contribution is 0.563. The summed E-state index contributed by atoms with van der Waals surface area (Å²) < 4.78 is 2.27. The number of aryl methyl sites for hydroxylation is 1. The van der Waals surface area contributed by atoms with E-state index in [0.29, 0.717) is 0 Å². The van der Waals surface area contributed by atoms with Gasteiger partial charge in [0.2, 0.25) is 0 Å². The number of aromatic nitrogens is 1. The number of para-hydroxylation sites is 1. The molecule has 0 aliphatic heterocycles. The highest BCUT2D eigenvalue weighted by Crippen LogP contribution is 2.50. The number of fused-ring (bicyclic) bond motifs is 6. The molecule has 39 heavy (non-hydrogen) atoms. The lowest BCUT2D eigenvalue weighted by atomic mass is 9.77. The van der Waals surface area contributed by atoms with Crippen LogP contribution in [0.25, 0.3) is 44.1 Å². The van der Waals surface area contributed by atoms with Gasteiger partial charge in [-0.05, 0) is 75.7 Å². The fourth-order valence-electron chi connectivity index (χ4n) is 6.54. The van der Waals surface area contributed by atoms with Crippen LogP contribution in [-0.2, 0) is 12.5 Å². The van der Waals surface area contributed by atoms with Crippen molar-refractivity contribution in [1.29, 1.82) is 0 Å². The molecule has 0 amide bonds. The van der Waals surface area contributed by atoms with Crippen molar-refractivity contribution in [1.82, 2.24) is 4.57 Å². The van der Waals surface area contributed by atoms with Crippen molar-refractivity contribution < 1.29 is 0 Å². The van der Waals surface area contributed by atoms with E-state index in [1.165, 1.54) is 55.2 Å². The van der Waals surface area contributed by atoms with E-state index in [0.717, 1.165) is 17.7 Å². The second-order valence-electron chi connectivity index (χ2n) is 11.0. The normalized spacial score (nSPS) is 16.8. The molecule has 1 aliphatic rings. The van der Waals surface area contributed by atoms with Crippen LogP contribution in [0.15, 0.2) is 109 Å². The summed E-state index contributed by atoms with van der Waals surface area (Å²) in [5.74, 6) is 0. The quantitative estimate of drug-likeness (QED) is 0.229. The van der Waals surface area contributed by atoms with Gasteiger partial charge in [0.1, 0.15) is 6.17 Å². The maximum Gasteiger partial charge on any atom is 0.101 e. The molecule has 0 bridgehead atoms. The molecule has 3 heteroatoms. The highest BCUT2D eigenvalue weighted by atomic mass is 15.0. The van der Waals surface area contributed by atoms with Crippen molar-refractivity contribution in [3.63, 3.8) is 0 Å². The van der Waals surface area contributed by atoms with Gasteiger partial charge in [0, 0.05) is 40.0 Å². The van der Waals surface area contributed by atoms with E-state index in [2.05, 4.69) is 140 Å². The highest BCUT2D eigenvalue weighted by Gasteiger charge is 2.37. The molecular formula is C36H33N3. The van der Waals surface area contributed by atoms with Crippen LogP contribution in [0.4, 0.5) is 5.69 Å². The number of rotatable bonds is 5. The molecule has 0 saturated heterocycles. The number of anilines is 1. The molecule has 7 rings (SSSR count). The van der Waals surface area contributed by atoms with Crippen LogP contribution < -0.4 is 11.1 Å². The van der Waals surface area contributed by atoms with Gasteiger partial charge in [-0.1, -0.05) is 92.7 Å². The average molecular weight is 508 g/mol. The van der Waals surface area contributed by atoms with E-state index >= 15 is 0 Å². The largest absolute Gasteiger partial charge is 0.366 e. The lowest BCUT2D eigenvalue weighted by Crippen LogP contribution is -2.22. The minimum absolute atomic E-state index is 0.00842. The molecule has 0 radical (unpaired) electrons. The standard InChI is InChI=1S/C36H33N3/c1-4-36(2)31-11-7-5-9-27(31)28-19-15-25(22-32(28)36)35(37)38-26-17-13-23(14-18-26)24-16-20-34-30(21-24)29-10-6-8-12-33(29)39(34)3/h5-22,35,38H,4,37H2,1-3H3/t35-,36?/m1/s1. The van der Waals surface area contributed by atoms with Crippen LogP contribution in [0.2, 0.25) is 0 Å². The summed E-state index contributed by atoms with van der Waals surface area (Å²) in [5, 5.41) is 6.10. The van der Waals surface area contributed by atoms with E-state index in [9.17, 15) is 0 Å². The maximum absolute atomic E-state index is 6.71. The Hall–Kier alpha value is -4.34. The summed E-state index contributed by atoms with van der Waals surface area (Å²) in [6, 6.07) is 39.5. The Bertz CT molecular complexity index is 1860. The number of nitrogens with two attached hydrogens (primary N) is 1. The first-order chi connectivity index (χ1) is 19.0. The molecule has 1 unspecified atom stereocenters. The van der Waals surface area contributed by atoms with Gasteiger partial charge < -0.3 is 15.6 Å². The smallest absolute Gasteiger partial charge is 0.101 e. The molecule has 0 spiro atoms. The first-order valence-electron chi connectivity index (χ1n) is 13.8.